The largest absolute Gasteiger partial charge is 0.368 e. The third-order valence-corrected chi connectivity index (χ3v) is 2.77. The lowest BCUT2D eigenvalue weighted by atomic mass is 10.0. The lowest BCUT2D eigenvalue weighted by molar-refractivity contribution is 0.527. The molecule has 1 rings (SSSR count). The molecule has 1 aromatic heterocycles. The van der Waals surface area contributed by atoms with Gasteiger partial charge in [0.25, 0.3) is 0 Å². The van der Waals surface area contributed by atoms with Crippen molar-refractivity contribution in [3.05, 3.63) is 23.4 Å². The highest BCUT2D eigenvalue weighted by Crippen LogP contribution is 2.13. The number of hydrogen-bond donors (Lipinski definition) is 1. The fourth-order valence-electron chi connectivity index (χ4n) is 1.63. The third kappa shape index (κ3) is 4.44. The quantitative estimate of drug-likeness (QED) is 0.843. The number of pyridine rings is 1. The molecule has 0 saturated heterocycles. The number of rotatable bonds is 5. The summed E-state index contributed by atoms with van der Waals surface area (Å²) in [6.07, 6.45) is 2.32. The van der Waals surface area contributed by atoms with E-state index in [-0.39, 0.29) is 0 Å². The number of aromatic nitrogens is 1. The molecule has 17 heavy (non-hydrogen) atoms. The molecule has 1 atom stereocenters. The van der Waals surface area contributed by atoms with Gasteiger partial charge in [-0.25, -0.2) is 4.98 Å². The Bertz CT molecular complexity index is 404. The minimum absolute atomic E-state index is 0.388. The van der Waals surface area contributed by atoms with E-state index >= 15 is 0 Å². The Morgan fingerprint density at radius 2 is 2.00 bits per heavy atom. The van der Waals surface area contributed by atoms with Crippen LogP contribution in [0.15, 0.2) is 12.1 Å². The summed E-state index contributed by atoms with van der Waals surface area (Å²) in [5.41, 5.74) is 1.43. The van der Waals surface area contributed by atoms with Crippen molar-refractivity contribution in [1.29, 1.82) is 5.26 Å². The number of aryl methyl sites for hydroxylation is 1. The van der Waals surface area contributed by atoms with Crippen LogP contribution in [0.25, 0.3) is 0 Å². The van der Waals surface area contributed by atoms with Crippen molar-refractivity contribution in [2.75, 3.05) is 5.32 Å². The van der Waals surface area contributed by atoms with E-state index in [1.165, 1.54) is 6.42 Å². The highest BCUT2D eigenvalue weighted by molar-refractivity contribution is 5.42. The summed E-state index contributed by atoms with van der Waals surface area (Å²) in [6, 6.07) is 6.36. The highest BCUT2D eigenvalue weighted by Gasteiger charge is 2.06. The molecule has 1 unspecified atom stereocenters. The van der Waals surface area contributed by atoms with E-state index in [0.29, 0.717) is 11.7 Å². The number of anilines is 1. The molecule has 0 bridgehead atoms. The number of nitrogens with one attached hydrogen (secondary N) is 1. The van der Waals surface area contributed by atoms with Gasteiger partial charge < -0.3 is 5.32 Å². The predicted octanol–water partition coefficient (Wildman–Crippen LogP) is 3.50. The first-order chi connectivity index (χ1) is 8.02. The van der Waals surface area contributed by atoms with E-state index in [1.54, 1.807) is 0 Å². The molecule has 0 radical (unpaired) electrons. The van der Waals surface area contributed by atoms with Crippen LogP contribution >= 0.6 is 0 Å². The average molecular weight is 231 g/mol. The zero-order valence-corrected chi connectivity index (χ0v) is 11.1. The van der Waals surface area contributed by atoms with Crippen molar-refractivity contribution in [1.82, 2.24) is 4.98 Å². The van der Waals surface area contributed by atoms with Crippen molar-refractivity contribution in [3.63, 3.8) is 0 Å². The third-order valence-electron chi connectivity index (χ3n) is 2.77. The second kappa shape index (κ2) is 6.24. The summed E-state index contributed by atoms with van der Waals surface area (Å²) in [5, 5.41) is 12.2. The minimum Gasteiger partial charge on any atom is -0.368 e. The van der Waals surface area contributed by atoms with Crippen LogP contribution in [0.3, 0.4) is 0 Å². The van der Waals surface area contributed by atoms with E-state index in [1.807, 2.05) is 19.1 Å². The molecule has 1 aromatic rings. The second-order valence-electron chi connectivity index (χ2n) is 4.99. The van der Waals surface area contributed by atoms with Gasteiger partial charge in [0.2, 0.25) is 0 Å². The van der Waals surface area contributed by atoms with Crippen LogP contribution in [-0.4, -0.2) is 11.0 Å². The Morgan fingerprint density at radius 1 is 1.29 bits per heavy atom. The van der Waals surface area contributed by atoms with Crippen molar-refractivity contribution >= 4 is 5.82 Å². The predicted molar refractivity (Wildman–Crippen MR) is 70.8 cm³/mol. The first-order valence-corrected chi connectivity index (χ1v) is 6.17. The number of nitrogens with zero attached hydrogens (tertiary/aromatic N) is 2. The van der Waals surface area contributed by atoms with Crippen LogP contribution in [0.4, 0.5) is 5.82 Å². The van der Waals surface area contributed by atoms with Crippen LogP contribution in [-0.2, 0) is 0 Å². The maximum atomic E-state index is 8.91. The SMILES string of the molecule is Cc1ccc(NC(C)CCC(C)C)nc1C#N. The van der Waals surface area contributed by atoms with Crippen molar-refractivity contribution in [2.45, 2.75) is 46.6 Å². The van der Waals surface area contributed by atoms with E-state index in [9.17, 15) is 0 Å². The van der Waals surface area contributed by atoms with Crippen LogP contribution in [0.2, 0.25) is 0 Å². The fraction of sp³-hybridized carbons (Fsp3) is 0.571. The van der Waals surface area contributed by atoms with Crippen molar-refractivity contribution in [2.24, 2.45) is 5.92 Å². The molecule has 0 spiro atoms. The van der Waals surface area contributed by atoms with E-state index in [2.05, 4.69) is 37.1 Å². The lowest BCUT2D eigenvalue weighted by Gasteiger charge is -2.15. The van der Waals surface area contributed by atoms with Gasteiger partial charge in [-0.2, -0.15) is 5.26 Å². The molecule has 1 N–H and O–H groups in total. The lowest BCUT2D eigenvalue weighted by Crippen LogP contribution is -2.17. The van der Waals surface area contributed by atoms with Gasteiger partial charge in [-0.05, 0) is 44.2 Å². The van der Waals surface area contributed by atoms with Gasteiger partial charge in [0.15, 0.2) is 0 Å². The molecule has 1 heterocycles. The van der Waals surface area contributed by atoms with E-state index < -0.39 is 0 Å². The second-order valence-corrected chi connectivity index (χ2v) is 4.99. The molecule has 0 aliphatic heterocycles. The van der Waals surface area contributed by atoms with Gasteiger partial charge in [0.05, 0.1) is 0 Å². The molecule has 0 saturated carbocycles. The molecule has 0 fully saturated rings. The summed E-state index contributed by atoms with van der Waals surface area (Å²) in [7, 11) is 0. The maximum Gasteiger partial charge on any atom is 0.145 e. The summed E-state index contributed by atoms with van der Waals surface area (Å²) < 4.78 is 0. The van der Waals surface area contributed by atoms with Crippen LogP contribution in [0, 0.1) is 24.2 Å². The molecule has 0 aliphatic carbocycles. The van der Waals surface area contributed by atoms with Gasteiger partial charge in [-0.1, -0.05) is 19.9 Å². The Labute approximate surface area is 104 Å². The number of hydrogen-bond acceptors (Lipinski definition) is 3. The van der Waals surface area contributed by atoms with Crippen molar-refractivity contribution < 1.29 is 0 Å². The summed E-state index contributed by atoms with van der Waals surface area (Å²) in [6.45, 7) is 8.50. The summed E-state index contributed by atoms with van der Waals surface area (Å²) in [5.74, 6) is 1.52. The van der Waals surface area contributed by atoms with E-state index in [0.717, 1.165) is 23.7 Å². The maximum absolute atomic E-state index is 8.91. The summed E-state index contributed by atoms with van der Waals surface area (Å²) in [4.78, 5) is 4.29. The Morgan fingerprint density at radius 3 is 2.59 bits per heavy atom. The van der Waals surface area contributed by atoms with E-state index in [4.69, 9.17) is 5.26 Å². The molecule has 3 heteroatoms. The smallest absolute Gasteiger partial charge is 0.145 e. The van der Waals surface area contributed by atoms with Gasteiger partial charge in [0, 0.05) is 6.04 Å². The number of nitriles is 1. The van der Waals surface area contributed by atoms with Crippen LogP contribution in [0.5, 0.6) is 0 Å². The topological polar surface area (TPSA) is 48.7 Å². The average Bonchev–Trinajstić information content (AvgIpc) is 2.29. The first kappa shape index (κ1) is 13.5. The zero-order chi connectivity index (χ0) is 12.8. The molecule has 92 valence electrons. The first-order valence-electron chi connectivity index (χ1n) is 6.17. The Hall–Kier alpha value is -1.56. The standard InChI is InChI=1S/C14H21N3/c1-10(2)5-7-12(4)16-14-8-6-11(3)13(9-15)17-14/h6,8,10,12H,5,7H2,1-4H3,(H,16,17). The summed E-state index contributed by atoms with van der Waals surface area (Å²) >= 11 is 0. The van der Waals surface area contributed by atoms with Gasteiger partial charge in [-0.15, -0.1) is 0 Å². The van der Waals surface area contributed by atoms with Crippen LogP contribution < -0.4 is 5.32 Å². The van der Waals surface area contributed by atoms with Crippen LogP contribution in [0.1, 0.15) is 44.9 Å². The molecular weight excluding hydrogens is 210 g/mol. The Kier molecular flexibility index (Phi) is 4.96. The molecule has 0 amide bonds. The normalized spacial score (nSPS) is 12.2. The molecule has 0 aliphatic rings. The molecule has 0 aromatic carbocycles. The zero-order valence-electron chi connectivity index (χ0n) is 11.1. The van der Waals surface area contributed by atoms with Crippen molar-refractivity contribution in [3.8, 4) is 6.07 Å². The molecule has 3 nitrogen and oxygen atoms in total. The fourth-order valence-corrected chi connectivity index (χ4v) is 1.63. The monoisotopic (exact) mass is 231 g/mol. The van der Waals surface area contributed by atoms with Gasteiger partial charge in [-0.3, -0.25) is 0 Å². The van der Waals surface area contributed by atoms with Gasteiger partial charge in [0.1, 0.15) is 17.6 Å². The highest BCUT2D eigenvalue weighted by atomic mass is 15.0. The minimum atomic E-state index is 0.388. The molecular formula is C14H21N3. The van der Waals surface area contributed by atoms with Gasteiger partial charge >= 0.3 is 0 Å². The Balaban J connectivity index is 2.60.